The molecular formula is C18H12F3N5. The van der Waals surface area contributed by atoms with Crippen LogP contribution in [0.2, 0.25) is 0 Å². The molecule has 2 aromatic carbocycles. The van der Waals surface area contributed by atoms with Crippen LogP contribution >= 0.6 is 0 Å². The molecule has 26 heavy (non-hydrogen) atoms. The van der Waals surface area contributed by atoms with Crippen molar-refractivity contribution in [3.8, 4) is 6.07 Å². The van der Waals surface area contributed by atoms with Gasteiger partial charge in [0.15, 0.2) is 0 Å². The van der Waals surface area contributed by atoms with Crippen LogP contribution in [0.1, 0.15) is 11.1 Å². The molecule has 0 fully saturated rings. The van der Waals surface area contributed by atoms with Crippen LogP contribution in [0.4, 0.5) is 36.3 Å². The van der Waals surface area contributed by atoms with Crippen molar-refractivity contribution in [2.75, 3.05) is 10.6 Å². The summed E-state index contributed by atoms with van der Waals surface area (Å²) >= 11 is 0. The van der Waals surface area contributed by atoms with Crippen LogP contribution in [0, 0.1) is 11.3 Å². The van der Waals surface area contributed by atoms with Gasteiger partial charge in [-0.05, 0) is 48.5 Å². The van der Waals surface area contributed by atoms with Crippen molar-refractivity contribution in [1.29, 1.82) is 5.26 Å². The highest BCUT2D eigenvalue weighted by Crippen LogP contribution is 2.31. The van der Waals surface area contributed by atoms with Crippen LogP contribution in [0.5, 0.6) is 0 Å². The van der Waals surface area contributed by atoms with Crippen LogP contribution < -0.4 is 10.6 Å². The molecule has 0 saturated heterocycles. The van der Waals surface area contributed by atoms with Crippen molar-refractivity contribution in [3.63, 3.8) is 0 Å². The predicted octanol–water partition coefficient (Wildman–Crippen LogP) is 4.85. The van der Waals surface area contributed by atoms with Gasteiger partial charge in [0.25, 0.3) is 0 Å². The van der Waals surface area contributed by atoms with Gasteiger partial charge in [0, 0.05) is 17.6 Å². The molecule has 0 radical (unpaired) electrons. The van der Waals surface area contributed by atoms with Crippen molar-refractivity contribution >= 4 is 23.1 Å². The summed E-state index contributed by atoms with van der Waals surface area (Å²) in [7, 11) is 0. The maximum Gasteiger partial charge on any atom is 0.416 e. The molecule has 5 nitrogen and oxygen atoms in total. The van der Waals surface area contributed by atoms with E-state index in [-0.39, 0.29) is 11.6 Å². The van der Waals surface area contributed by atoms with Gasteiger partial charge in [-0.15, -0.1) is 0 Å². The first kappa shape index (κ1) is 17.2. The minimum atomic E-state index is -4.41. The largest absolute Gasteiger partial charge is 0.416 e. The van der Waals surface area contributed by atoms with E-state index in [0.29, 0.717) is 17.1 Å². The lowest BCUT2D eigenvalue weighted by molar-refractivity contribution is -0.137. The van der Waals surface area contributed by atoms with Gasteiger partial charge in [0.05, 0.1) is 17.2 Å². The SMILES string of the molecule is N#Cc1ccc(Nc2nccc(Nc3cccc(C(F)(F)F)c3)n2)cc1. The standard InChI is InChI=1S/C18H12F3N5/c19-18(20,21)13-2-1-3-15(10-13)24-16-8-9-23-17(26-16)25-14-6-4-12(11-22)5-7-14/h1-10H,(H2,23,24,25,26). The number of nitrogens with one attached hydrogen (secondary N) is 2. The third-order valence-corrected chi connectivity index (χ3v) is 3.39. The fourth-order valence-corrected chi connectivity index (χ4v) is 2.17. The zero-order valence-corrected chi connectivity index (χ0v) is 13.2. The van der Waals surface area contributed by atoms with E-state index in [9.17, 15) is 13.2 Å². The fraction of sp³-hybridized carbons (Fsp3) is 0.0556. The van der Waals surface area contributed by atoms with Crippen LogP contribution in [0.15, 0.2) is 60.8 Å². The number of hydrogen-bond donors (Lipinski definition) is 2. The molecule has 130 valence electrons. The third-order valence-electron chi connectivity index (χ3n) is 3.39. The zero-order chi connectivity index (χ0) is 18.6. The molecule has 0 amide bonds. The highest BCUT2D eigenvalue weighted by atomic mass is 19.4. The molecule has 0 bridgehead atoms. The Morgan fingerprint density at radius 1 is 0.923 bits per heavy atom. The Morgan fingerprint density at radius 3 is 2.38 bits per heavy atom. The van der Waals surface area contributed by atoms with E-state index >= 15 is 0 Å². The van der Waals surface area contributed by atoms with Crippen LogP contribution in [-0.4, -0.2) is 9.97 Å². The quantitative estimate of drug-likeness (QED) is 0.699. The normalized spacial score (nSPS) is 10.8. The Kier molecular flexibility index (Phi) is 4.71. The molecule has 0 aliphatic carbocycles. The minimum Gasteiger partial charge on any atom is -0.340 e. The van der Waals surface area contributed by atoms with E-state index in [0.717, 1.165) is 12.1 Å². The molecule has 0 unspecified atom stereocenters. The van der Waals surface area contributed by atoms with Crippen LogP contribution in [0.3, 0.4) is 0 Å². The van der Waals surface area contributed by atoms with Gasteiger partial charge in [-0.25, -0.2) is 4.98 Å². The number of anilines is 4. The Labute approximate surface area is 147 Å². The topological polar surface area (TPSA) is 73.6 Å². The molecule has 0 saturated carbocycles. The summed E-state index contributed by atoms with van der Waals surface area (Å²) in [5.74, 6) is 0.613. The molecule has 0 aliphatic rings. The first-order valence-corrected chi connectivity index (χ1v) is 7.48. The van der Waals surface area contributed by atoms with Gasteiger partial charge < -0.3 is 10.6 Å². The molecule has 8 heteroatoms. The van der Waals surface area contributed by atoms with Crippen molar-refractivity contribution in [2.24, 2.45) is 0 Å². The molecule has 0 spiro atoms. The van der Waals surface area contributed by atoms with E-state index in [1.165, 1.54) is 18.3 Å². The smallest absolute Gasteiger partial charge is 0.340 e. The van der Waals surface area contributed by atoms with Gasteiger partial charge in [0.2, 0.25) is 5.95 Å². The summed E-state index contributed by atoms with van der Waals surface area (Å²) in [6, 6.07) is 15.1. The van der Waals surface area contributed by atoms with Gasteiger partial charge in [-0.2, -0.15) is 23.4 Å². The fourth-order valence-electron chi connectivity index (χ4n) is 2.17. The highest BCUT2D eigenvalue weighted by Gasteiger charge is 2.30. The predicted molar refractivity (Wildman–Crippen MR) is 91.2 cm³/mol. The summed E-state index contributed by atoms with van der Waals surface area (Å²) < 4.78 is 38.4. The van der Waals surface area contributed by atoms with Gasteiger partial charge in [0.1, 0.15) is 5.82 Å². The van der Waals surface area contributed by atoms with E-state index < -0.39 is 11.7 Å². The van der Waals surface area contributed by atoms with E-state index in [1.807, 2.05) is 6.07 Å². The van der Waals surface area contributed by atoms with Crippen LogP contribution in [-0.2, 0) is 6.18 Å². The third kappa shape index (κ3) is 4.27. The molecule has 1 heterocycles. The molecular weight excluding hydrogens is 343 g/mol. The Hall–Kier alpha value is -3.60. The number of aromatic nitrogens is 2. The van der Waals surface area contributed by atoms with Crippen molar-refractivity contribution in [1.82, 2.24) is 9.97 Å². The molecule has 3 aromatic rings. The maximum atomic E-state index is 12.8. The zero-order valence-electron chi connectivity index (χ0n) is 13.2. The molecule has 0 aliphatic heterocycles. The Bertz CT molecular complexity index is 946. The summed E-state index contributed by atoms with van der Waals surface area (Å²) in [5, 5.41) is 14.6. The highest BCUT2D eigenvalue weighted by molar-refractivity contribution is 5.60. The average molecular weight is 355 g/mol. The lowest BCUT2D eigenvalue weighted by Crippen LogP contribution is -2.05. The van der Waals surface area contributed by atoms with Crippen molar-refractivity contribution in [3.05, 3.63) is 71.9 Å². The summed E-state index contributed by atoms with van der Waals surface area (Å²) in [5.41, 5.74) is 0.729. The Balaban J connectivity index is 1.76. The first-order valence-electron chi connectivity index (χ1n) is 7.48. The number of benzene rings is 2. The number of rotatable bonds is 4. The number of alkyl halides is 3. The second-order valence-corrected chi connectivity index (χ2v) is 5.28. The number of nitriles is 1. The Morgan fingerprint density at radius 2 is 1.69 bits per heavy atom. The second-order valence-electron chi connectivity index (χ2n) is 5.28. The summed E-state index contributed by atoms with van der Waals surface area (Å²) in [4.78, 5) is 8.29. The molecule has 1 aromatic heterocycles. The summed E-state index contributed by atoms with van der Waals surface area (Å²) in [6.07, 6.45) is -2.93. The number of hydrogen-bond acceptors (Lipinski definition) is 5. The van der Waals surface area contributed by atoms with Crippen molar-refractivity contribution < 1.29 is 13.2 Å². The molecule has 2 N–H and O–H groups in total. The maximum absolute atomic E-state index is 12.8. The lowest BCUT2D eigenvalue weighted by atomic mass is 10.2. The number of nitrogens with zero attached hydrogens (tertiary/aromatic N) is 3. The van der Waals surface area contributed by atoms with Crippen LogP contribution in [0.25, 0.3) is 0 Å². The van der Waals surface area contributed by atoms with Gasteiger partial charge in [-0.3, -0.25) is 0 Å². The number of halogens is 3. The molecule has 0 atom stereocenters. The van der Waals surface area contributed by atoms with E-state index in [4.69, 9.17) is 5.26 Å². The monoisotopic (exact) mass is 355 g/mol. The van der Waals surface area contributed by atoms with E-state index in [2.05, 4.69) is 20.6 Å². The van der Waals surface area contributed by atoms with Gasteiger partial charge >= 0.3 is 6.18 Å². The van der Waals surface area contributed by atoms with E-state index in [1.54, 1.807) is 30.3 Å². The van der Waals surface area contributed by atoms with Crippen molar-refractivity contribution in [2.45, 2.75) is 6.18 Å². The first-order chi connectivity index (χ1) is 12.4. The molecule has 3 rings (SSSR count). The van der Waals surface area contributed by atoms with Gasteiger partial charge in [-0.1, -0.05) is 6.07 Å². The minimum absolute atomic E-state index is 0.267. The second kappa shape index (κ2) is 7.11. The average Bonchev–Trinajstić information content (AvgIpc) is 2.62. The summed E-state index contributed by atoms with van der Waals surface area (Å²) in [6.45, 7) is 0. The lowest BCUT2D eigenvalue weighted by Gasteiger charge is -2.11.